The summed E-state index contributed by atoms with van der Waals surface area (Å²) in [5.41, 5.74) is 2.53. The Morgan fingerprint density at radius 2 is 2.17 bits per heavy atom. The molecule has 1 aliphatic rings. The van der Waals surface area contributed by atoms with Gasteiger partial charge in [0.1, 0.15) is 17.1 Å². The first-order valence-corrected chi connectivity index (χ1v) is 9.97. The molecule has 0 bridgehead atoms. The number of morpholine rings is 1. The van der Waals surface area contributed by atoms with Crippen LogP contribution in [0.4, 0.5) is 5.69 Å². The van der Waals surface area contributed by atoms with Crippen LogP contribution >= 0.6 is 12.2 Å². The Balaban J connectivity index is 1.73. The second-order valence-corrected chi connectivity index (χ2v) is 7.83. The van der Waals surface area contributed by atoms with Gasteiger partial charge in [-0.25, -0.2) is 4.31 Å². The summed E-state index contributed by atoms with van der Waals surface area (Å²) in [6.45, 7) is 4.09. The normalized spacial score (nSPS) is 19.3. The maximum atomic E-state index is 12.6. The Morgan fingerprint density at radius 1 is 1.41 bits per heavy atom. The van der Waals surface area contributed by atoms with E-state index in [2.05, 4.69) is 26.3 Å². The van der Waals surface area contributed by atoms with Crippen LogP contribution in [0.5, 0.6) is 0 Å². The summed E-state index contributed by atoms with van der Waals surface area (Å²) in [5.74, 6) is -0.151. The zero-order valence-corrected chi connectivity index (χ0v) is 17.5. The highest BCUT2D eigenvalue weighted by Gasteiger charge is 2.31. The number of fused-ring (bicyclic) bond motifs is 1. The van der Waals surface area contributed by atoms with E-state index in [-0.39, 0.29) is 12.0 Å². The predicted octanol–water partition coefficient (Wildman–Crippen LogP) is 1.35. The van der Waals surface area contributed by atoms with E-state index in [1.165, 1.54) is 12.2 Å². The summed E-state index contributed by atoms with van der Waals surface area (Å²) in [7, 11) is 3.49. The largest absolute Gasteiger partial charge is 0.364 e. The molecule has 10 heteroatoms. The van der Waals surface area contributed by atoms with Gasteiger partial charge in [0, 0.05) is 32.0 Å². The molecule has 2 atom stereocenters. The summed E-state index contributed by atoms with van der Waals surface area (Å²) in [4.78, 5) is 23.5. The fourth-order valence-corrected chi connectivity index (χ4v) is 3.72. The highest BCUT2D eigenvalue weighted by Crippen LogP contribution is 2.28. The number of ether oxygens (including phenoxy) is 1. The summed E-state index contributed by atoms with van der Waals surface area (Å²) in [5, 5.41) is 12.2. The number of nitrogens with one attached hydrogen (secondary N) is 1. The molecule has 1 aliphatic heterocycles. The molecule has 9 nitrogen and oxygen atoms in total. The van der Waals surface area contributed by atoms with E-state index in [4.69, 9.17) is 8.92 Å². The number of carbonyl (C=O) groups is 1. The van der Waals surface area contributed by atoms with Gasteiger partial charge in [-0.1, -0.05) is 0 Å². The van der Waals surface area contributed by atoms with Crippen LogP contribution in [0, 0.1) is 11.3 Å². The lowest BCUT2D eigenvalue weighted by molar-refractivity contribution is -0.137. The molecule has 1 fully saturated rings. The van der Waals surface area contributed by atoms with Crippen LogP contribution < -0.4 is 10.2 Å². The van der Waals surface area contributed by atoms with Crippen LogP contribution in [0.1, 0.15) is 12.5 Å². The lowest BCUT2D eigenvalue weighted by Gasteiger charge is -2.37. The van der Waals surface area contributed by atoms with Crippen LogP contribution in [0.3, 0.4) is 0 Å². The summed E-state index contributed by atoms with van der Waals surface area (Å²) >= 11 is 1.23. The maximum Gasteiger partial charge on any atom is 0.251 e. The number of likely N-dealkylation sites (N-methyl/N-ethyl adjacent to an activating group) is 1. The fraction of sp³-hybridized carbons (Fsp3) is 0.474. The van der Waals surface area contributed by atoms with E-state index in [0.29, 0.717) is 42.8 Å². The average Bonchev–Trinajstić information content (AvgIpc) is 2.72. The minimum absolute atomic E-state index is 0.131. The number of anilines is 1. The summed E-state index contributed by atoms with van der Waals surface area (Å²) < 4.78 is 12.7. The van der Waals surface area contributed by atoms with Crippen LogP contribution in [-0.4, -0.2) is 72.7 Å². The topological polar surface area (TPSA) is 104 Å². The first-order valence-electron chi connectivity index (χ1n) is 9.27. The minimum Gasteiger partial charge on any atom is -0.364 e. The Bertz CT molecular complexity index is 905. The van der Waals surface area contributed by atoms with Crippen molar-refractivity contribution in [3.63, 3.8) is 0 Å². The van der Waals surface area contributed by atoms with Gasteiger partial charge >= 0.3 is 0 Å². The number of rotatable bonds is 7. The van der Waals surface area contributed by atoms with E-state index in [9.17, 15) is 10.1 Å². The summed E-state index contributed by atoms with van der Waals surface area (Å²) in [6.07, 6.45) is 2.45. The number of aromatic nitrogens is 2. The van der Waals surface area contributed by atoms with Crippen LogP contribution in [-0.2, 0) is 13.7 Å². The van der Waals surface area contributed by atoms with E-state index >= 15 is 0 Å². The molecule has 3 rings (SSSR count). The molecule has 0 saturated carbocycles. The third-order valence-electron chi connectivity index (χ3n) is 4.55. The van der Waals surface area contributed by atoms with Crippen molar-refractivity contribution in [1.82, 2.24) is 19.6 Å². The van der Waals surface area contributed by atoms with E-state index in [1.54, 1.807) is 25.6 Å². The zero-order valence-electron chi connectivity index (χ0n) is 16.7. The second kappa shape index (κ2) is 9.84. The highest BCUT2D eigenvalue weighted by molar-refractivity contribution is 7.92. The molecular weight excluding hydrogens is 392 g/mol. The second-order valence-electron chi connectivity index (χ2n) is 6.72. The first kappa shape index (κ1) is 21.3. The monoisotopic (exact) mass is 416 g/mol. The molecule has 0 unspecified atom stereocenters. The lowest BCUT2D eigenvalue weighted by atomic mass is 10.1. The molecule has 0 radical (unpaired) electrons. The smallest absolute Gasteiger partial charge is 0.251 e. The van der Waals surface area contributed by atoms with Crippen LogP contribution in [0.2, 0.25) is 0 Å². The number of nitriles is 1. The van der Waals surface area contributed by atoms with E-state index < -0.39 is 6.10 Å². The minimum atomic E-state index is -0.596. The molecule has 2 aromatic rings. The molecule has 29 heavy (non-hydrogen) atoms. The molecule has 1 amide bonds. The van der Waals surface area contributed by atoms with E-state index in [0.717, 1.165) is 5.69 Å². The number of nitrogens with zero attached hydrogens (tertiary/aromatic N) is 5. The highest BCUT2D eigenvalue weighted by atomic mass is 32.2. The van der Waals surface area contributed by atoms with Crippen LogP contribution in [0.15, 0.2) is 24.5 Å². The Labute approximate surface area is 174 Å². The van der Waals surface area contributed by atoms with Gasteiger partial charge in [0.25, 0.3) is 5.91 Å². The SMILES string of the molecule is COSN(C)CCNC(=O)[C@H]1CN(c2ccc(C#N)c3nccnc23)C[C@@H](C)O1. The van der Waals surface area contributed by atoms with Crippen molar-refractivity contribution < 1.29 is 13.7 Å². The number of benzene rings is 1. The summed E-state index contributed by atoms with van der Waals surface area (Å²) in [6, 6.07) is 5.75. The Kier molecular flexibility index (Phi) is 7.22. The fourth-order valence-electron chi connectivity index (χ4n) is 3.30. The molecule has 1 aromatic heterocycles. The molecule has 0 spiro atoms. The quantitative estimate of drug-likeness (QED) is 0.529. The van der Waals surface area contributed by atoms with Crippen molar-refractivity contribution >= 4 is 34.9 Å². The molecule has 0 aliphatic carbocycles. The molecule has 2 heterocycles. The van der Waals surface area contributed by atoms with Gasteiger partial charge < -0.3 is 19.1 Å². The van der Waals surface area contributed by atoms with Crippen molar-refractivity contribution in [2.45, 2.75) is 19.1 Å². The van der Waals surface area contributed by atoms with Crippen molar-refractivity contribution in [2.75, 3.05) is 45.2 Å². The number of hydrogen-bond donors (Lipinski definition) is 1. The average molecular weight is 417 g/mol. The molecule has 1 N–H and O–H groups in total. The van der Waals surface area contributed by atoms with Crippen molar-refractivity contribution in [2.24, 2.45) is 0 Å². The standard InChI is InChI=1S/C19H24N6O3S/c1-13-11-25(12-16(28-13)19(26)23-8-9-24(2)29-27-3)15-5-4-14(10-20)17-18(15)22-7-6-21-17/h4-7,13,16H,8-9,11-12H2,1-3H3,(H,23,26)/t13-,16-/m1/s1. The number of carbonyl (C=O) groups excluding carboxylic acids is 1. The third-order valence-corrected chi connectivity index (χ3v) is 5.13. The van der Waals surface area contributed by atoms with Crippen LogP contribution in [0.25, 0.3) is 11.0 Å². The lowest BCUT2D eigenvalue weighted by Crippen LogP contribution is -2.53. The Hall–Kier alpha value is -2.45. The molecule has 1 saturated heterocycles. The third kappa shape index (κ3) is 5.13. The molecule has 1 aromatic carbocycles. The van der Waals surface area contributed by atoms with Crippen molar-refractivity contribution in [3.8, 4) is 6.07 Å². The number of hydrogen-bond acceptors (Lipinski definition) is 9. The molecular formula is C19H24N6O3S. The van der Waals surface area contributed by atoms with Gasteiger partial charge in [-0.3, -0.25) is 14.8 Å². The first-order chi connectivity index (χ1) is 14.0. The van der Waals surface area contributed by atoms with Gasteiger partial charge in [0.2, 0.25) is 0 Å². The number of amides is 1. The van der Waals surface area contributed by atoms with E-state index in [1.807, 2.05) is 24.3 Å². The van der Waals surface area contributed by atoms with Gasteiger partial charge in [0.15, 0.2) is 6.10 Å². The van der Waals surface area contributed by atoms with Gasteiger partial charge in [-0.2, -0.15) is 5.26 Å². The molecule has 154 valence electrons. The van der Waals surface area contributed by atoms with Crippen molar-refractivity contribution in [3.05, 3.63) is 30.1 Å². The Morgan fingerprint density at radius 3 is 2.90 bits per heavy atom. The maximum absolute atomic E-state index is 12.6. The van der Waals surface area contributed by atoms with Gasteiger partial charge in [0.05, 0.1) is 43.2 Å². The van der Waals surface area contributed by atoms with Gasteiger partial charge in [-0.15, -0.1) is 0 Å². The van der Waals surface area contributed by atoms with Gasteiger partial charge in [-0.05, 0) is 26.1 Å². The predicted molar refractivity (Wildman–Crippen MR) is 111 cm³/mol. The van der Waals surface area contributed by atoms with Crippen molar-refractivity contribution in [1.29, 1.82) is 5.26 Å². The zero-order chi connectivity index (χ0) is 20.8.